The van der Waals surface area contributed by atoms with Gasteiger partial charge in [-0.05, 0) is 32.4 Å². The first-order valence-electron chi connectivity index (χ1n) is 5.64. The highest BCUT2D eigenvalue weighted by atomic mass is 16.5. The molecule has 0 radical (unpaired) electrons. The van der Waals surface area contributed by atoms with Crippen LogP contribution in [0.5, 0.6) is 0 Å². The van der Waals surface area contributed by atoms with Gasteiger partial charge in [-0.25, -0.2) is 4.79 Å². The molecule has 1 rings (SSSR count). The number of methoxy groups -OCH3 is 1. The first-order chi connectivity index (χ1) is 8.04. The lowest BCUT2D eigenvalue weighted by Gasteiger charge is -2.16. The number of aryl methyl sites for hydroxylation is 1. The number of anilines is 1. The zero-order chi connectivity index (χ0) is 12.8. The van der Waals surface area contributed by atoms with Crippen molar-refractivity contribution in [1.29, 1.82) is 0 Å². The van der Waals surface area contributed by atoms with E-state index in [2.05, 4.69) is 5.32 Å². The van der Waals surface area contributed by atoms with E-state index in [0.29, 0.717) is 17.9 Å². The summed E-state index contributed by atoms with van der Waals surface area (Å²) >= 11 is 0. The molecule has 4 heteroatoms. The van der Waals surface area contributed by atoms with Crippen molar-refractivity contribution in [3.8, 4) is 0 Å². The number of aromatic carboxylic acids is 1. The quantitative estimate of drug-likeness (QED) is 0.798. The molecule has 0 spiro atoms. The van der Waals surface area contributed by atoms with Crippen LogP contribution < -0.4 is 5.32 Å². The van der Waals surface area contributed by atoms with E-state index in [-0.39, 0.29) is 6.04 Å². The summed E-state index contributed by atoms with van der Waals surface area (Å²) in [5, 5.41) is 12.3. The molecule has 0 amide bonds. The molecule has 4 nitrogen and oxygen atoms in total. The van der Waals surface area contributed by atoms with Crippen molar-refractivity contribution in [2.24, 2.45) is 0 Å². The molecular formula is C13H19NO3. The second kappa shape index (κ2) is 6.25. The molecule has 0 heterocycles. The van der Waals surface area contributed by atoms with E-state index in [9.17, 15) is 4.79 Å². The highest BCUT2D eigenvalue weighted by Crippen LogP contribution is 2.18. The Hall–Kier alpha value is -1.55. The lowest BCUT2D eigenvalue weighted by Crippen LogP contribution is -2.19. The normalized spacial score (nSPS) is 12.2. The second-order valence-corrected chi connectivity index (χ2v) is 4.18. The topological polar surface area (TPSA) is 58.6 Å². The van der Waals surface area contributed by atoms with Crippen LogP contribution in [0.2, 0.25) is 0 Å². The Balaban J connectivity index is 2.79. The predicted octanol–water partition coefficient (Wildman–Crippen LogP) is 2.53. The van der Waals surface area contributed by atoms with E-state index in [1.807, 2.05) is 26.0 Å². The number of carboxylic acid groups (broad SMARTS) is 1. The highest BCUT2D eigenvalue weighted by molar-refractivity contribution is 5.94. The zero-order valence-corrected chi connectivity index (χ0v) is 10.5. The summed E-state index contributed by atoms with van der Waals surface area (Å²) in [7, 11) is 1.65. The van der Waals surface area contributed by atoms with Crippen molar-refractivity contribution in [3.05, 3.63) is 29.3 Å². The molecule has 0 bridgehead atoms. The molecule has 94 valence electrons. The average molecular weight is 237 g/mol. The van der Waals surface area contributed by atoms with Gasteiger partial charge >= 0.3 is 5.97 Å². The van der Waals surface area contributed by atoms with E-state index >= 15 is 0 Å². The average Bonchev–Trinajstić information content (AvgIpc) is 2.28. The fourth-order valence-electron chi connectivity index (χ4n) is 1.59. The maximum atomic E-state index is 11.1. The lowest BCUT2D eigenvalue weighted by molar-refractivity contribution is 0.0698. The van der Waals surface area contributed by atoms with Crippen molar-refractivity contribution in [1.82, 2.24) is 0 Å². The molecular weight excluding hydrogens is 218 g/mol. The van der Waals surface area contributed by atoms with Gasteiger partial charge in [-0.15, -0.1) is 0 Å². The Morgan fingerprint density at radius 3 is 2.82 bits per heavy atom. The minimum Gasteiger partial charge on any atom is -0.478 e. The van der Waals surface area contributed by atoms with Crippen LogP contribution in [0.25, 0.3) is 0 Å². The minimum absolute atomic E-state index is 0.177. The summed E-state index contributed by atoms with van der Waals surface area (Å²) in [6.07, 6.45) is 0.837. The monoisotopic (exact) mass is 237 g/mol. The van der Waals surface area contributed by atoms with E-state index < -0.39 is 5.97 Å². The Labute approximate surface area is 102 Å². The molecule has 2 N–H and O–H groups in total. The Morgan fingerprint density at radius 1 is 1.53 bits per heavy atom. The number of carboxylic acids is 1. The van der Waals surface area contributed by atoms with Crippen LogP contribution in [0.4, 0.5) is 5.69 Å². The van der Waals surface area contributed by atoms with Gasteiger partial charge in [0.15, 0.2) is 0 Å². The summed E-state index contributed by atoms with van der Waals surface area (Å²) in [4.78, 5) is 11.1. The van der Waals surface area contributed by atoms with Gasteiger partial charge in [0.05, 0.1) is 5.56 Å². The second-order valence-electron chi connectivity index (χ2n) is 4.18. The molecule has 1 aromatic rings. The van der Waals surface area contributed by atoms with Crippen molar-refractivity contribution in [2.75, 3.05) is 19.0 Å². The van der Waals surface area contributed by atoms with Crippen LogP contribution in [0.15, 0.2) is 18.2 Å². The molecule has 0 saturated heterocycles. The number of carbonyl (C=O) groups is 1. The van der Waals surface area contributed by atoms with Gasteiger partial charge in [-0.3, -0.25) is 0 Å². The molecule has 0 aromatic heterocycles. The number of rotatable bonds is 6. The number of hydrogen-bond donors (Lipinski definition) is 2. The fourth-order valence-corrected chi connectivity index (χ4v) is 1.59. The van der Waals surface area contributed by atoms with Crippen molar-refractivity contribution in [3.63, 3.8) is 0 Å². The first-order valence-corrected chi connectivity index (χ1v) is 5.64. The van der Waals surface area contributed by atoms with Gasteiger partial charge in [0.25, 0.3) is 0 Å². The molecule has 0 saturated carbocycles. The number of benzene rings is 1. The van der Waals surface area contributed by atoms with Gasteiger partial charge in [0.2, 0.25) is 0 Å². The summed E-state index contributed by atoms with van der Waals surface area (Å²) in [5.74, 6) is -0.907. The van der Waals surface area contributed by atoms with Crippen LogP contribution in [-0.4, -0.2) is 30.8 Å². The zero-order valence-electron chi connectivity index (χ0n) is 10.5. The number of ether oxygens (including phenoxy) is 1. The molecule has 0 fully saturated rings. The molecule has 1 aromatic carbocycles. The van der Waals surface area contributed by atoms with E-state index in [0.717, 1.165) is 12.0 Å². The van der Waals surface area contributed by atoms with Gasteiger partial charge in [-0.1, -0.05) is 11.6 Å². The van der Waals surface area contributed by atoms with Crippen LogP contribution in [0.3, 0.4) is 0 Å². The van der Waals surface area contributed by atoms with E-state index in [1.165, 1.54) is 0 Å². The molecule has 0 aliphatic rings. The SMILES string of the molecule is COCCC(C)Nc1ccc(C)cc1C(=O)O. The molecule has 0 aliphatic carbocycles. The van der Waals surface area contributed by atoms with Gasteiger partial charge in [-0.2, -0.15) is 0 Å². The highest BCUT2D eigenvalue weighted by Gasteiger charge is 2.11. The Bertz CT molecular complexity index is 390. The third-order valence-corrected chi connectivity index (χ3v) is 2.56. The number of hydrogen-bond acceptors (Lipinski definition) is 3. The number of nitrogens with one attached hydrogen (secondary N) is 1. The standard InChI is InChI=1S/C13H19NO3/c1-9-4-5-12(11(8-9)13(15)16)14-10(2)6-7-17-3/h4-5,8,10,14H,6-7H2,1-3H3,(H,15,16). The summed E-state index contributed by atoms with van der Waals surface area (Å²) in [6, 6.07) is 5.56. The van der Waals surface area contributed by atoms with Crippen LogP contribution >= 0.6 is 0 Å². The van der Waals surface area contributed by atoms with Gasteiger partial charge in [0, 0.05) is 25.4 Å². The lowest BCUT2D eigenvalue weighted by atomic mass is 10.1. The first kappa shape index (κ1) is 13.5. The predicted molar refractivity (Wildman–Crippen MR) is 67.7 cm³/mol. The van der Waals surface area contributed by atoms with Crippen LogP contribution in [0, 0.1) is 6.92 Å². The molecule has 1 atom stereocenters. The summed E-state index contributed by atoms with van der Waals surface area (Å²) in [5.41, 5.74) is 1.92. The summed E-state index contributed by atoms with van der Waals surface area (Å²) in [6.45, 7) is 4.54. The van der Waals surface area contributed by atoms with Crippen LogP contribution in [-0.2, 0) is 4.74 Å². The van der Waals surface area contributed by atoms with Gasteiger partial charge in [0.1, 0.15) is 0 Å². The smallest absolute Gasteiger partial charge is 0.337 e. The maximum Gasteiger partial charge on any atom is 0.337 e. The van der Waals surface area contributed by atoms with Crippen LogP contribution in [0.1, 0.15) is 29.3 Å². The van der Waals surface area contributed by atoms with E-state index in [1.54, 1.807) is 13.2 Å². The maximum absolute atomic E-state index is 11.1. The molecule has 1 unspecified atom stereocenters. The largest absolute Gasteiger partial charge is 0.478 e. The molecule has 0 aliphatic heterocycles. The third kappa shape index (κ3) is 4.07. The molecule has 17 heavy (non-hydrogen) atoms. The van der Waals surface area contributed by atoms with Crippen molar-refractivity contribution >= 4 is 11.7 Å². The Morgan fingerprint density at radius 2 is 2.24 bits per heavy atom. The minimum atomic E-state index is -0.907. The van der Waals surface area contributed by atoms with Gasteiger partial charge < -0.3 is 15.2 Å². The Kier molecular flexibility index (Phi) is 4.97. The third-order valence-electron chi connectivity index (χ3n) is 2.56. The van der Waals surface area contributed by atoms with E-state index in [4.69, 9.17) is 9.84 Å². The fraction of sp³-hybridized carbons (Fsp3) is 0.462. The summed E-state index contributed by atoms with van der Waals surface area (Å²) < 4.78 is 4.99. The van der Waals surface area contributed by atoms with Crippen molar-refractivity contribution < 1.29 is 14.6 Å². The van der Waals surface area contributed by atoms with Crippen molar-refractivity contribution in [2.45, 2.75) is 26.3 Å².